The van der Waals surface area contributed by atoms with Gasteiger partial charge in [-0.25, -0.2) is 0 Å². The lowest BCUT2D eigenvalue weighted by Gasteiger charge is -2.18. The summed E-state index contributed by atoms with van der Waals surface area (Å²) in [5, 5.41) is 10.1. The van der Waals surface area contributed by atoms with Gasteiger partial charge in [0, 0.05) is 12.5 Å². The number of methoxy groups -OCH3 is 1. The maximum absolute atomic E-state index is 11.9. The summed E-state index contributed by atoms with van der Waals surface area (Å²) in [6.07, 6.45) is -0.178. The number of primary amides is 1. The van der Waals surface area contributed by atoms with E-state index < -0.39 is 23.0 Å². The van der Waals surface area contributed by atoms with Crippen LogP contribution in [0.4, 0.5) is 0 Å². The molecular weight excluding hydrogens is 330 g/mol. The Balaban J connectivity index is 2.18. The van der Waals surface area contributed by atoms with Gasteiger partial charge < -0.3 is 29.5 Å². The molecule has 2 aromatic rings. The maximum atomic E-state index is 11.9. The van der Waals surface area contributed by atoms with Crippen LogP contribution in [-0.4, -0.2) is 24.9 Å². The van der Waals surface area contributed by atoms with Crippen LogP contribution in [0.1, 0.15) is 29.4 Å². The van der Waals surface area contributed by atoms with Crippen molar-refractivity contribution < 1.29 is 28.5 Å². The number of aromatic hydroxyl groups is 1. The summed E-state index contributed by atoms with van der Waals surface area (Å²) in [5.74, 6) is -0.428. The third-order valence-corrected chi connectivity index (χ3v) is 3.88. The molecule has 3 rings (SSSR count). The number of hydrogen-bond acceptors (Lipinski definition) is 7. The number of amides is 1. The summed E-state index contributed by atoms with van der Waals surface area (Å²) in [6, 6.07) is 4.43. The molecule has 0 aliphatic carbocycles. The molecule has 1 aliphatic rings. The van der Waals surface area contributed by atoms with Gasteiger partial charge in [-0.2, -0.15) is 0 Å². The smallest absolute Gasteiger partial charge is 0.231 e. The van der Waals surface area contributed by atoms with Gasteiger partial charge in [0.05, 0.1) is 13.0 Å². The van der Waals surface area contributed by atoms with Crippen LogP contribution in [0.5, 0.6) is 23.0 Å². The molecule has 3 N–H and O–H groups in total. The molecule has 0 unspecified atom stereocenters. The lowest BCUT2D eigenvalue weighted by molar-refractivity contribution is -0.118. The van der Waals surface area contributed by atoms with Crippen molar-refractivity contribution in [2.75, 3.05) is 13.9 Å². The summed E-state index contributed by atoms with van der Waals surface area (Å²) < 4.78 is 21.5. The first kappa shape index (κ1) is 16.7. The van der Waals surface area contributed by atoms with Crippen molar-refractivity contribution >= 4 is 5.91 Å². The van der Waals surface area contributed by atoms with Gasteiger partial charge in [-0.05, 0) is 24.6 Å². The lowest BCUT2D eigenvalue weighted by Crippen LogP contribution is -2.18. The predicted octanol–water partition coefficient (Wildman–Crippen LogP) is 1.40. The van der Waals surface area contributed by atoms with Crippen molar-refractivity contribution in [2.24, 2.45) is 5.73 Å². The zero-order valence-electron chi connectivity index (χ0n) is 13.7. The first-order valence-corrected chi connectivity index (χ1v) is 7.50. The van der Waals surface area contributed by atoms with Crippen LogP contribution in [0.3, 0.4) is 0 Å². The van der Waals surface area contributed by atoms with Crippen molar-refractivity contribution in [2.45, 2.75) is 19.3 Å². The topological polar surface area (TPSA) is 121 Å². The molecule has 0 bridgehead atoms. The van der Waals surface area contributed by atoms with Crippen molar-refractivity contribution in [3.8, 4) is 23.0 Å². The molecule has 0 saturated carbocycles. The highest BCUT2D eigenvalue weighted by atomic mass is 16.7. The van der Waals surface area contributed by atoms with E-state index in [0.717, 1.165) is 0 Å². The van der Waals surface area contributed by atoms with Gasteiger partial charge in [-0.15, -0.1) is 0 Å². The third-order valence-electron chi connectivity index (χ3n) is 3.88. The second-order valence-corrected chi connectivity index (χ2v) is 5.61. The van der Waals surface area contributed by atoms with Gasteiger partial charge >= 0.3 is 0 Å². The number of nitrogens with two attached hydrogens (primary N) is 1. The molecule has 1 aromatic heterocycles. The molecule has 8 nitrogen and oxygen atoms in total. The summed E-state index contributed by atoms with van der Waals surface area (Å²) in [4.78, 5) is 23.5. The van der Waals surface area contributed by atoms with E-state index >= 15 is 0 Å². The molecule has 1 aromatic carbocycles. The monoisotopic (exact) mass is 347 g/mol. The van der Waals surface area contributed by atoms with Crippen molar-refractivity contribution in [1.82, 2.24) is 0 Å². The number of hydrogen-bond donors (Lipinski definition) is 2. The van der Waals surface area contributed by atoms with Crippen molar-refractivity contribution in [3.63, 3.8) is 0 Å². The third kappa shape index (κ3) is 3.10. The predicted molar refractivity (Wildman–Crippen MR) is 86.2 cm³/mol. The Morgan fingerprint density at radius 2 is 2.12 bits per heavy atom. The van der Waals surface area contributed by atoms with E-state index in [9.17, 15) is 14.7 Å². The molecular formula is C17H17NO7. The van der Waals surface area contributed by atoms with E-state index in [1.54, 1.807) is 19.1 Å². The minimum atomic E-state index is -0.784. The second kappa shape index (κ2) is 6.39. The summed E-state index contributed by atoms with van der Waals surface area (Å²) >= 11 is 0. The molecule has 0 spiro atoms. The van der Waals surface area contributed by atoms with Gasteiger partial charge in [-0.1, -0.05) is 0 Å². The molecule has 2 heterocycles. The van der Waals surface area contributed by atoms with Crippen LogP contribution in [0.15, 0.2) is 27.4 Å². The summed E-state index contributed by atoms with van der Waals surface area (Å²) in [5.41, 5.74) is 5.29. The van der Waals surface area contributed by atoms with Gasteiger partial charge in [0.1, 0.15) is 5.76 Å². The highest BCUT2D eigenvalue weighted by Gasteiger charge is 2.29. The number of aryl methyl sites for hydroxylation is 1. The normalized spacial score (nSPS) is 13.5. The number of carbonyl (C=O) groups is 1. The van der Waals surface area contributed by atoms with Crippen LogP contribution < -0.4 is 25.4 Å². The van der Waals surface area contributed by atoms with Crippen molar-refractivity contribution in [3.05, 3.63) is 45.5 Å². The minimum Gasteiger partial charge on any atom is -0.502 e. The van der Waals surface area contributed by atoms with Gasteiger partial charge in [0.25, 0.3) is 0 Å². The van der Waals surface area contributed by atoms with E-state index in [1.165, 1.54) is 13.2 Å². The van der Waals surface area contributed by atoms with E-state index in [0.29, 0.717) is 28.6 Å². The largest absolute Gasteiger partial charge is 0.502 e. The SMILES string of the molecule is COc1cc([C@@H](CC(N)=O)c2oc(C)cc(=O)c2O)cc2c1OCO2. The summed E-state index contributed by atoms with van der Waals surface area (Å²) in [7, 11) is 1.47. The van der Waals surface area contributed by atoms with Crippen LogP contribution in [0, 0.1) is 6.92 Å². The van der Waals surface area contributed by atoms with Crippen molar-refractivity contribution in [1.29, 1.82) is 0 Å². The average molecular weight is 347 g/mol. The van der Waals surface area contributed by atoms with E-state index in [2.05, 4.69) is 0 Å². The lowest BCUT2D eigenvalue weighted by atomic mass is 9.91. The molecule has 0 saturated heterocycles. The van der Waals surface area contributed by atoms with Gasteiger partial charge in [0.15, 0.2) is 17.3 Å². The zero-order chi connectivity index (χ0) is 18.1. The molecule has 1 amide bonds. The fraction of sp³-hybridized carbons (Fsp3) is 0.294. The fourth-order valence-electron chi connectivity index (χ4n) is 2.78. The van der Waals surface area contributed by atoms with Crippen LogP contribution in [0.2, 0.25) is 0 Å². The minimum absolute atomic E-state index is 0.0373. The average Bonchev–Trinajstić information content (AvgIpc) is 3.03. The number of fused-ring (bicyclic) bond motifs is 1. The Hall–Kier alpha value is -3.16. The van der Waals surface area contributed by atoms with Gasteiger partial charge in [0.2, 0.25) is 29.6 Å². The number of carbonyl (C=O) groups excluding carboxylic acids is 1. The first-order chi connectivity index (χ1) is 11.9. The van der Waals surface area contributed by atoms with E-state index in [4.69, 9.17) is 24.4 Å². The standard InChI is InChI=1S/C17H17NO7/c1-8-3-11(19)15(21)16(25-8)10(6-14(18)20)9-4-12(22-2)17-13(5-9)23-7-24-17/h3-5,10,21H,6-7H2,1-2H3,(H2,18,20)/t10-/m1/s1. The first-order valence-electron chi connectivity index (χ1n) is 7.50. The quantitative estimate of drug-likeness (QED) is 0.838. The maximum Gasteiger partial charge on any atom is 0.231 e. The van der Waals surface area contributed by atoms with Crippen LogP contribution in [0.25, 0.3) is 0 Å². The molecule has 1 aliphatic heterocycles. The second-order valence-electron chi connectivity index (χ2n) is 5.61. The van der Waals surface area contributed by atoms with Crippen LogP contribution in [-0.2, 0) is 4.79 Å². The highest BCUT2D eigenvalue weighted by molar-refractivity contribution is 5.75. The number of ether oxygens (including phenoxy) is 3. The Morgan fingerprint density at radius 1 is 1.36 bits per heavy atom. The Labute approximate surface area is 142 Å². The molecule has 0 radical (unpaired) electrons. The molecule has 132 valence electrons. The van der Waals surface area contributed by atoms with Gasteiger partial charge in [-0.3, -0.25) is 9.59 Å². The molecule has 0 fully saturated rings. The fourth-order valence-corrected chi connectivity index (χ4v) is 2.78. The number of benzene rings is 1. The zero-order valence-corrected chi connectivity index (χ0v) is 13.7. The summed E-state index contributed by atoms with van der Waals surface area (Å²) in [6.45, 7) is 1.62. The van der Waals surface area contributed by atoms with E-state index in [1.807, 2.05) is 0 Å². The molecule has 25 heavy (non-hydrogen) atoms. The van der Waals surface area contributed by atoms with E-state index in [-0.39, 0.29) is 19.0 Å². The number of rotatable bonds is 5. The van der Waals surface area contributed by atoms with Crippen LogP contribution >= 0.6 is 0 Å². The Bertz CT molecular complexity index is 887. The molecule has 8 heteroatoms. The Morgan fingerprint density at radius 3 is 2.80 bits per heavy atom. The molecule has 1 atom stereocenters. The Kier molecular flexibility index (Phi) is 4.26. The highest BCUT2D eigenvalue weighted by Crippen LogP contribution is 2.45.